The first-order valence-corrected chi connectivity index (χ1v) is 14.4. The van der Waals surface area contributed by atoms with Crippen molar-refractivity contribution in [3.05, 3.63) is 96.2 Å². The zero-order valence-electron chi connectivity index (χ0n) is 21.6. The molecule has 0 radical (unpaired) electrons. The van der Waals surface area contributed by atoms with Gasteiger partial charge in [-0.25, -0.2) is 13.4 Å². The maximum absolute atomic E-state index is 13.3. The van der Waals surface area contributed by atoms with Gasteiger partial charge in [-0.05, 0) is 30.5 Å². The number of sulfonamides is 1. The molecule has 0 bridgehead atoms. The zero-order chi connectivity index (χ0) is 26.4. The second kappa shape index (κ2) is 11.9. The third kappa shape index (κ3) is 6.30. The summed E-state index contributed by atoms with van der Waals surface area (Å²) in [6.07, 6.45) is 5.96. The Bertz CT molecular complexity index is 1420. The van der Waals surface area contributed by atoms with E-state index in [-0.39, 0.29) is 0 Å². The van der Waals surface area contributed by atoms with Crippen LogP contribution in [0.25, 0.3) is 11.3 Å². The fourth-order valence-corrected chi connectivity index (χ4v) is 6.13. The highest BCUT2D eigenvalue weighted by Crippen LogP contribution is 2.26. The first-order chi connectivity index (χ1) is 18.5. The van der Waals surface area contributed by atoms with Crippen LogP contribution in [-0.2, 0) is 29.3 Å². The maximum Gasteiger partial charge on any atom is 0.243 e. The minimum atomic E-state index is -3.56. The lowest BCUT2D eigenvalue weighted by Crippen LogP contribution is -2.48. The molecule has 5 rings (SSSR count). The third-order valence-electron chi connectivity index (χ3n) is 6.94. The van der Waals surface area contributed by atoms with Crippen LogP contribution in [0.3, 0.4) is 0 Å². The highest BCUT2D eigenvalue weighted by atomic mass is 32.2. The number of imidazole rings is 1. The molecule has 198 valence electrons. The van der Waals surface area contributed by atoms with Crippen molar-refractivity contribution in [2.45, 2.75) is 24.2 Å². The molecule has 2 aromatic heterocycles. The van der Waals surface area contributed by atoms with Gasteiger partial charge >= 0.3 is 0 Å². The van der Waals surface area contributed by atoms with Gasteiger partial charge in [-0.15, -0.1) is 0 Å². The maximum atomic E-state index is 13.3. The van der Waals surface area contributed by atoms with Gasteiger partial charge in [0.2, 0.25) is 10.0 Å². The Kier molecular flexibility index (Phi) is 8.17. The Balaban J connectivity index is 1.22. The van der Waals surface area contributed by atoms with E-state index in [2.05, 4.69) is 39.1 Å². The van der Waals surface area contributed by atoms with Crippen molar-refractivity contribution in [3.63, 3.8) is 0 Å². The van der Waals surface area contributed by atoms with E-state index in [1.165, 1.54) is 5.56 Å². The lowest BCUT2D eigenvalue weighted by Gasteiger charge is -2.34. The molecule has 1 N–H and O–H groups in total. The second-order valence-corrected chi connectivity index (χ2v) is 11.4. The van der Waals surface area contributed by atoms with E-state index >= 15 is 0 Å². The van der Waals surface area contributed by atoms with Crippen LogP contribution in [0, 0.1) is 0 Å². The summed E-state index contributed by atoms with van der Waals surface area (Å²) in [6, 6.07) is 21.2. The summed E-state index contributed by atoms with van der Waals surface area (Å²) >= 11 is 0. The largest absolute Gasteiger partial charge is 0.497 e. The fraction of sp³-hybridized carbons (Fsp3) is 0.310. The van der Waals surface area contributed by atoms with Crippen LogP contribution >= 0.6 is 0 Å². The van der Waals surface area contributed by atoms with Crippen molar-refractivity contribution < 1.29 is 13.2 Å². The standard InChI is InChI=1S/C29H33N5O3S/c1-37-26-21-25(9-12-29-30-14-15-31-29)32-28(22-26)24-7-10-27(11-8-24)38(35,36)34-19-17-33(18-20-34)16-13-23-5-3-2-4-6-23/h2-8,10-11,14-15,21-22H,9,12-13,16-20H2,1H3,(H,30,31). The molecule has 8 nitrogen and oxygen atoms in total. The van der Waals surface area contributed by atoms with Crippen LogP contribution in [0.4, 0.5) is 0 Å². The highest BCUT2D eigenvalue weighted by Gasteiger charge is 2.28. The van der Waals surface area contributed by atoms with E-state index in [0.29, 0.717) is 30.2 Å². The van der Waals surface area contributed by atoms with Crippen molar-refractivity contribution in [2.75, 3.05) is 39.8 Å². The van der Waals surface area contributed by atoms with Gasteiger partial charge in [0.1, 0.15) is 11.6 Å². The number of hydrogen-bond donors (Lipinski definition) is 1. The molecule has 9 heteroatoms. The number of ether oxygens (including phenoxy) is 1. The molecule has 0 unspecified atom stereocenters. The predicted octanol–water partition coefficient (Wildman–Crippen LogP) is 3.81. The van der Waals surface area contributed by atoms with Crippen molar-refractivity contribution >= 4 is 10.0 Å². The average molecular weight is 532 g/mol. The lowest BCUT2D eigenvalue weighted by molar-refractivity contribution is 0.190. The van der Waals surface area contributed by atoms with E-state index in [1.54, 1.807) is 35.9 Å². The first-order valence-electron chi connectivity index (χ1n) is 12.9. The number of aryl methyl sites for hydroxylation is 2. The lowest BCUT2D eigenvalue weighted by atomic mass is 10.1. The van der Waals surface area contributed by atoms with Crippen LogP contribution in [0.15, 0.2) is 84.0 Å². The van der Waals surface area contributed by atoms with Crippen LogP contribution in [0.1, 0.15) is 17.1 Å². The van der Waals surface area contributed by atoms with Gasteiger partial charge in [0, 0.05) is 74.9 Å². The summed E-state index contributed by atoms with van der Waals surface area (Å²) in [5, 5.41) is 0. The molecule has 0 atom stereocenters. The molecule has 0 aliphatic carbocycles. The Hall–Kier alpha value is -3.53. The molecule has 0 spiro atoms. The first kappa shape index (κ1) is 26.1. The van der Waals surface area contributed by atoms with Crippen LogP contribution < -0.4 is 4.74 Å². The van der Waals surface area contributed by atoms with E-state index < -0.39 is 10.0 Å². The number of nitrogens with zero attached hydrogens (tertiary/aromatic N) is 4. The number of hydrogen-bond acceptors (Lipinski definition) is 6. The van der Waals surface area contributed by atoms with E-state index in [1.807, 2.05) is 30.3 Å². The predicted molar refractivity (Wildman–Crippen MR) is 148 cm³/mol. The third-order valence-corrected chi connectivity index (χ3v) is 8.85. The number of aromatic amines is 1. The van der Waals surface area contributed by atoms with Gasteiger partial charge in [-0.1, -0.05) is 42.5 Å². The van der Waals surface area contributed by atoms with Gasteiger partial charge in [0.15, 0.2) is 0 Å². The van der Waals surface area contributed by atoms with Gasteiger partial charge in [0.25, 0.3) is 0 Å². The number of piperazine rings is 1. The average Bonchev–Trinajstić information content (AvgIpc) is 3.49. The number of pyridine rings is 1. The molecule has 4 aromatic rings. The molecule has 2 aromatic carbocycles. The van der Waals surface area contributed by atoms with Gasteiger partial charge < -0.3 is 14.6 Å². The minimum absolute atomic E-state index is 0.305. The molecular formula is C29H33N5O3S. The van der Waals surface area contributed by atoms with Crippen LogP contribution in [0.2, 0.25) is 0 Å². The van der Waals surface area contributed by atoms with Crippen molar-refractivity contribution in [2.24, 2.45) is 0 Å². The van der Waals surface area contributed by atoms with Gasteiger partial charge in [-0.2, -0.15) is 4.31 Å². The van der Waals surface area contributed by atoms with Gasteiger partial charge in [0.05, 0.1) is 17.7 Å². The van der Waals surface area contributed by atoms with E-state index in [0.717, 1.165) is 55.3 Å². The van der Waals surface area contributed by atoms with E-state index in [9.17, 15) is 8.42 Å². The molecule has 1 saturated heterocycles. The summed E-state index contributed by atoms with van der Waals surface area (Å²) in [5.41, 5.74) is 3.78. The Morgan fingerprint density at radius 1 is 0.921 bits per heavy atom. The summed E-state index contributed by atoms with van der Waals surface area (Å²) < 4.78 is 33.8. The normalized spacial score (nSPS) is 15.0. The molecule has 3 heterocycles. The number of methoxy groups -OCH3 is 1. The zero-order valence-corrected chi connectivity index (χ0v) is 22.4. The monoisotopic (exact) mass is 531 g/mol. The van der Waals surface area contributed by atoms with Crippen LogP contribution in [0.5, 0.6) is 5.75 Å². The smallest absolute Gasteiger partial charge is 0.243 e. The number of benzene rings is 2. The molecule has 0 saturated carbocycles. The second-order valence-electron chi connectivity index (χ2n) is 9.43. The topological polar surface area (TPSA) is 91.4 Å². The Labute approximate surface area is 224 Å². The number of nitrogens with one attached hydrogen (secondary N) is 1. The SMILES string of the molecule is COc1cc(CCc2ncc[nH]2)nc(-c2ccc(S(=O)(=O)N3CCN(CCc4ccccc4)CC3)cc2)c1. The summed E-state index contributed by atoms with van der Waals surface area (Å²) in [4.78, 5) is 14.8. The molecule has 0 amide bonds. The van der Waals surface area contributed by atoms with Gasteiger partial charge in [-0.3, -0.25) is 4.98 Å². The molecule has 1 fully saturated rings. The fourth-order valence-electron chi connectivity index (χ4n) is 4.71. The molecule has 38 heavy (non-hydrogen) atoms. The van der Waals surface area contributed by atoms with Crippen molar-refractivity contribution in [3.8, 4) is 17.0 Å². The number of H-pyrrole nitrogens is 1. The molecular weight excluding hydrogens is 498 g/mol. The number of aromatic nitrogens is 3. The summed E-state index contributed by atoms with van der Waals surface area (Å²) in [6.45, 7) is 3.39. The summed E-state index contributed by atoms with van der Waals surface area (Å²) in [7, 11) is -1.92. The Morgan fingerprint density at radius 3 is 2.37 bits per heavy atom. The van der Waals surface area contributed by atoms with E-state index in [4.69, 9.17) is 9.72 Å². The quantitative estimate of drug-likeness (QED) is 0.335. The highest BCUT2D eigenvalue weighted by molar-refractivity contribution is 7.89. The minimum Gasteiger partial charge on any atom is -0.497 e. The molecule has 1 aliphatic rings. The van der Waals surface area contributed by atoms with Crippen molar-refractivity contribution in [1.29, 1.82) is 0 Å². The molecule has 1 aliphatic heterocycles. The Morgan fingerprint density at radius 2 is 1.68 bits per heavy atom. The summed E-state index contributed by atoms with van der Waals surface area (Å²) in [5.74, 6) is 1.62. The van der Waals surface area contributed by atoms with Crippen molar-refractivity contribution in [1.82, 2.24) is 24.2 Å². The number of rotatable bonds is 10. The van der Waals surface area contributed by atoms with Crippen LogP contribution in [-0.4, -0.2) is 72.4 Å².